The van der Waals surface area contributed by atoms with Gasteiger partial charge in [0.1, 0.15) is 11.5 Å². The average Bonchev–Trinajstić information content (AvgIpc) is 2.67. The van der Waals surface area contributed by atoms with Gasteiger partial charge < -0.3 is 9.47 Å². The summed E-state index contributed by atoms with van der Waals surface area (Å²) < 4.78 is 10.9. The quantitative estimate of drug-likeness (QED) is 0.775. The second-order valence-electron chi connectivity index (χ2n) is 5.30. The molecule has 0 saturated heterocycles. The molecular formula is C19H19N3O4. The van der Waals surface area contributed by atoms with Crippen LogP contribution in [0.5, 0.6) is 11.5 Å². The second-order valence-corrected chi connectivity index (χ2v) is 5.30. The van der Waals surface area contributed by atoms with E-state index in [1.54, 1.807) is 31.2 Å². The number of amides is 2. The number of carbonyl (C=O) groups excluding carboxylic acids is 2. The van der Waals surface area contributed by atoms with Crippen LogP contribution in [0.2, 0.25) is 0 Å². The Morgan fingerprint density at radius 2 is 1.65 bits per heavy atom. The van der Waals surface area contributed by atoms with Crippen molar-refractivity contribution in [1.82, 2.24) is 10.9 Å². The van der Waals surface area contributed by atoms with Gasteiger partial charge >= 0.3 is 0 Å². The van der Waals surface area contributed by atoms with Crippen molar-refractivity contribution in [3.05, 3.63) is 59.7 Å². The number of hydrogen-bond donors (Lipinski definition) is 2. The fourth-order valence-electron chi connectivity index (χ4n) is 2.03. The predicted molar refractivity (Wildman–Crippen MR) is 94.5 cm³/mol. The lowest BCUT2D eigenvalue weighted by atomic mass is 10.1. The van der Waals surface area contributed by atoms with E-state index in [0.717, 1.165) is 0 Å². The van der Waals surface area contributed by atoms with Gasteiger partial charge in [-0.05, 0) is 62.4 Å². The molecule has 0 bridgehead atoms. The maximum Gasteiger partial charge on any atom is 0.279 e. The van der Waals surface area contributed by atoms with Gasteiger partial charge in [-0.15, -0.1) is 0 Å². The molecule has 7 heteroatoms. The monoisotopic (exact) mass is 353 g/mol. The summed E-state index contributed by atoms with van der Waals surface area (Å²) in [6.45, 7) is 4.03. The maximum absolute atomic E-state index is 12.0. The van der Waals surface area contributed by atoms with E-state index >= 15 is 0 Å². The van der Waals surface area contributed by atoms with Gasteiger partial charge in [0.2, 0.25) is 0 Å². The highest BCUT2D eigenvalue weighted by molar-refractivity contribution is 5.95. The second kappa shape index (κ2) is 9.08. The topological polar surface area (TPSA) is 100 Å². The zero-order chi connectivity index (χ0) is 18.9. The minimum atomic E-state index is -0.811. The summed E-state index contributed by atoms with van der Waals surface area (Å²) in [5.41, 5.74) is 5.39. The van der Waals surface area contributed by atoms with E-state index in [0.29, 0.717) is 29.2 Å². The Bertz CT molecular complexity index is 795. The van der Waals surface area contributed by atoms with Crippen LogP contribution in [0.4, 0.5) is 0 Å². The van der Waals surface area contributed by atoms with Crippen molar-refractivity contribution in [2.45, 2.75) is 20.0 Å². The third kappa shape index (κ3) is 5.24. The van der Waals surface area contributed by atoms with Gasteiger partial charge in [0.05, 0.1) is 18.2 Å². The molecule has 0 aromatic heterocycles. The lowest BCUT2D eigenvalue weighted by Gasteiger charge is -2.15. The Balaban J connectivity index is 1.84. The van der Waals surface area contributed by atoms with Gasteiger partial charge in [-0.3, -0.25) is 20.4 Å². The first-order valence-corrected chi connectivity index (χ1v) is 8.03. The van der Waals surface area contributed by atoms with E-state index in [1.807, 2.05) is 13.0 Å². The minimum Gasteiger partial charge on any atom is -0.494 e. The normalized spacial score (nSPS) is 11.0. The smallest absolute Gasteiger partial charge is 0.279 e. The molecule has 26 heavy (non-hydrogen) atoms. The molecule has 0 heterocycles. The molecular weight excluding hydrogens is 334 g/mol. The lowest BCUT2D eigenvalue weighted by molar-refractivity contribution is -0.128. The molecule has 7 nitrogen and oxygen atoms in total. The molecule has 0 fully saturated rings. The highest BCUT2D eigenvalue weighted by Crippen LogP contribution is 2.18. The zero-order valence-corrected chi connectivity index (χ0v) is 14.5. The number of nitrogens with zero attached hydrogens (tertiary/aromatic N) is 1. The summed E-state index contributed by atoms with van der Waals surface area (Å²) in [5.74, 6) is 0.234. The zero-order valence-electron chi connectivity index (χ0n) is 14.5. The Kier molecular flexibility index (Phi) is 6.57. The van der Waals surface area contributed by atoms with E-state index in [-0.39, 0.29) is 0 Å². The van der Waals surface area contributed by atoms with E-state index in [4.69, 9.17) is 14.7 Å². The van der Waals surface area contributed by atoms with Crippen LogP contribution in [0, 0.1) is 11.3 Å². The number of rotatable bonds is 6. The van der Waals surface area contributed by atoms with E-state index < -0.39 is 17.9 Å². The van der Waals surface area contributed by atoms with E-state index in [2.05, 4.69) is 10.9 Å². The fourth-order valence-corrected chi connectivity index (χ4v) is 2.03. The van der Waals surface area contributed by atoms with Crippen LogP contribution in [0.1, 0.15) is 29.8 Å². The summed E-state index contributed by atoms with van der Waals surface area (Å²) in [6, 6.07) is 14.9. The summed E-state index contributed by atoms with van der Waals surface area (Å²) in [6.07, 6.45) is -0.811. The summed E-state index contributed by atoms with van der Waals surface area (Å²) in [5, 5.41) is 8.74. The van der Waals surface area contributed by atoms with Gasteiger partial charge in [-0.1, -0.05) is 0 Å². The van der Waals surface area contributed by atoms with Crippen LogP contribution >= 0.6 is 0 Å². The third-order valence-electron chi connectivity index (χ3n) is 3.39. The number of hydrogen-bond acceptors (Lipinski definition) is 5. The summed E-state index contributed by atoms with van der Waals surface area (Å²) in [7, 11) is 0. The molecule has 2 N–H and O–H groups in total. The maximum atomic E-state index is 12.0. The predicted octanol–water partition coefficient (Wildman–Crippen LogP) is 2.19. The molecule has 134 valence electrons. The number of benzene rings is 2. The van der Waals surface area contributed by atoms with Gasteiger partial charge in [0, 0.05) is 5.56 Å². The van der Waals surface area contributed by atoms with Crippen LogP contribution in [0.15, 0.2) is 48.5 Å². The molecule has 0 aliphatic rings. The van der Waals surface area contributed by atoms with Gasteiger partial charge in [-0.2, -0.15) is 5.26 Å². The van der Waals surface area contributed by atoms with Crippen molar-refractivity contribution in [3.63, 3.8) is 0 Å². The first-order chi connectivity index (χ1) is 12.5. The van der Waals surface area contributed by atoms with Crippen molar-refractivity contribution in [2.75, 3.05) is 6.61 Å². The third-order valence-corrected chi connectivity index (χ3v) is 3.39. The molecule has 0 radical (unpaired) electrons. The molecule has 0 unspecified atom stereocenters. The number of nitrogens with one attached hydrogen (secondary N) is 2. The van der Waals surface area contributed by atoms with Crippen molar-refractivity contribution in [2.24, 2.45) is 0 Å². The van der Waals surface area contributed by atoms with Crippen LogP contribution in [-0.2, 0) is 4.79 Å². The molecule has 0 saturated carbocycles. The van der Waals surface area contributed by atoms with Crippen molar-refractivity contribution < 1.29 is 19.1 Å². The molecule has 0 aliphatic carbocycles. The Morgan fingerprint density at radius 3 is 2.23 bits per heavy atom. The Labute approximate surface area is 151 Å². The number of hydrazine groups is 1. The largest absolute Gasteiger partial charge is 0.494 e. The summed E-state index contributed by atoms with van der Waals surface area (Å²) >= 11 is 0. The minimum absolute atomic E-state index is 0.324. The van der Waals surface area contributed by atoms with E-state index in [9.17, 15) is 9.59 Å². The first kappa shape index (κ1) is 18.8. The Morgan fingerprint density at radius 1 is 1.04 bits per heavy atom. The van der Waals surface area contributed by atoms with Crippen molar-refractivity contribution in [1.29, 1.82) is 5.26 Å². The van der Waals surface area contributed by atoms with Gasteiger partial charge in [0.15, 0.2) is 6.10 Å². The van der Waals surface area contributed by atoms with Crippen molar-refractivity contribution >= 4 is 11.8 Å². The fraction of sp³-hybridized carbons (Fsp3) is 0.211. The molecule has 2 rings (SSSR count). The molecule has 0 spiro atoms. The molecule has 2 aromatic carbocycles. The molecule has 2 aromatic rings. The highest BCUT2D eigenvalue weighted by Gasteiger charge is 2.16. The number of ether oxygens (including phenoxy) is 2. The van der Waals surface area contributed by atoms with Gasteiger partial charge in [0.25, 0.3) is 11.8 Å². The molecule has 0 aliphatic heterocycles. The molecule has 2 amide bonds. The van der Waals surface area contributed by atoms with Gasteiger partial charge in [-0.25, -0.2) is 0 Å². The highest BCUT2D eigenvalue weighted by atomic mass is 16.5. The van der Waals surface area contributed by atoms with E-state index in [1.165, 1.54) is 24.3 Å². The van der Waals surface area contributed by atoms with Crippen LogP contribution in [0.3, 0.4) is 0 Å². The summed E-state index contributed by atoms with van der Waals surface area (Å²) in [4.78, 5) is 24.0. The van der Waals surface area contributed by atoms with Crippen molar-refractivity contribution in [3.8, 4) is 17.6 Å². The SMILES string of the molecule is CCOc1ccc(O[C@H](C)C(=O)NNC(=O)c2ccc(C#N)cc2)cc1. The van der Waals surface area contributed by atoms with Crippen LogP contribution < -0.4 is 20.3 Å². The Hall–Kier alpha value is -3.53. The first-order valence-electron chi connectivity index (χ1n) is 8.03. The number of carbonyl (C=O) groups is 2. The molecule has 1 atom stereocenters. The van der Waals surface area contributed by atoms with Crippen LogP contribution in [0.25, 0.3) is 0 Å². The lowest BCUT2D eigenvalue weighted by Crippen LogP contribution is -2.47. The standard InChI is InChI=1S/C19H19N3O4/c1-3-25-16-8-10-17(11-9-16)26-13(2)18(23)21-22-19(24)15-6-4-14(12-20)5-7-15/h4-11,13H,3H2,1-2H3,(H,21,23)(H,22,24)/t13-/m1/s1. The van der Waals surface area contributed by atoms with Crippen LogP contribution in [-0.4, -0.2) is 24.5 Å². The number of nitriles is 1. The average molecular weight is 353 g/mol.